The molecule has 31 heavy (non-hydrogen) atoms. The summed E-state index contributed by atoms with van der Waals surface area (Å²) in [5.41, 5.74) is 3.48. The Morgan fingerprint density at radius 1 is 1.00 bits per heavy atom. The number of nitrogens with one attached hydrogen (secondary N) is 1. The molecule has 2 amide bonds. The summed E-state index contributed by atoms with van der Waals surface area (Å²) in [7, 11) is 3.07. The van der Waals surface area contributed by atoms with E-state index >= 15 is 0 Å². The fraction of sp³-hybridized carbons (Fsp3) is 0.208. The Bertz CT molecular complexity index is 1120. The Morgan fingerprint density at radius 3 is 2.58 bits per heavy atom. The molecule has 158 valence electrons. The van der Waals surface area contributed by atoms with Crippen molar-refractivity contribution in [1.82, 2.24) is 4.98 Å². The SMILES string of the molecule is COc1ccc(C(=O)Nc2ccc3c(c2)N(C(=O)c2cccnc2)CCC3)cc1OC. The number of aromatic nitrogens is 1. The van der Waals surface area contributed by atoms with Gasteiger partial charge in [-0.3, -0.25) is 14.6 Å². The normalized spacial score (nSPS) is 12.6. The molecule has 0 fully saturated rings. The molecular formula is C24H23N3O4. The molecule has 0 radical (unpaired) electrons. The minimum absolute atomic E-state index is 0.0996. The van der Waals surface area contributed by atoms with E-state index in [4.69, 9.17) is 9.47 Å². The van der Waals surface area contributed by atoms with Crippen molar-refractivity contribution in [3.63, 3.8) is 0 Å². The molecule has 4 rings (SSSR count). The molecule has 1 aliphatic rings. The van der Waals surface area contributed by atoms with Crippen LogP contribution >= 0.6 is 0 Å². The van der Waals surface area contributed by atoms with E-state index in [-0.39, 0.29) is 11.8 Å². The highest BCUT2D eigenvalue weighted by Gasteiger charge is 2.24. The van der Waals surface area contributed by atoms with Gasteiger partial charge in [0.1, 0.15) is 0 Å². The van der Waals surface area contributed by atoms with E-state index in [0.29, 0.717) is 34.9 Å². The van der Waals surface area contributed by atoms with Gasteiger partial charge in [0.15, 0.2) is 11.5 Å². The van der Waals surface area contributed by atoms with E-state index in [0.717, 1.165) is 24.1 Å². The second kappa shape index (κ2) is 8.87. The summed E-state index contributed by atoms with van der Waals surface area (Å²) in [4.78, 5) is 31.6. The fourth-order valence-electron chi connectivity index (χ4n) is 3.69. The summed E-state index contributed by atoms with van der Waals surface area (Å²) in [5, 5.41) is 2.91. The van der Waals surface area contributed by atoms with Crippen LogP contribution in [0.4, 0.5) is 11.4 Å². The predicted octanol–water partition coefficient (Wildman–Crippen LogP) is 3.94. The van der Waals surface area contributed by atoms with Crippen molar-refractivity contribution < 1.29 is 19.1 Å². The summed E-state index contributed by atoms with van der Waals surface area (Å²) in [6, 6.07) is 14.2. The quantitative estimate of drug-likeness (QED) is 0.680. The molecule has 0 bridgehead atoms. The molecule has 7 nitrogen and oxygen atoms in total. The number of carbonyl (C=O) groups excluding carboxylic acids is 2. The molecule has 0 spiro atoms. The van der Waals surface area contributed by atoms with Gasteiger partial charge in [-0.15, -0.1) is 0 Å². The van der Waals surface area contributed by atoms with Gasteiger partial charge in [0.25, 0.3) is 11.8 Å². The Morgan fingerprint density at radius 2 is 1.84 bits per heavy atom. The molecule has 0 saturated carbocycles. The minimum atomic E-state index is -0.276. The van der Waals surface area contributed by atoms with Gasteiger partial charge < -0.3 is 19.7 Å². The van der Waals surface area contributed by atoms with Crippen molar-refractivity contribution in [1.29, 1.82) is 0 Å². The van der Waals surface area contributed by atoms with Crippen molar-refractivity contribution in [3.8, 4) is 11.5 Å². The number of methoxy groups -OCH3 is 2. The lowest BCUT2D eigenvalue weighted by atomic mass is 10.00. The molecule has 1 aliphatic heterocycles. The van der Waals surface area contributed by atoms with Crippen LogP contribution < -0.4 is 19.7 Å². The van der Waals surface area contributed by atoms with Crippen LogP contribution in [0, 0.1) is 0 Å². The van der Waals surface area contributed by atoms with Crippen LogP contribution in [0.25, 0.3) is 0 Å². The van der Waals surface area contributed by atoms with E-state index < -0.39 is 0 Å². The average Bonchev–Trinajstić information content (AvgIpc) is 2.83. The molecule has 2 aromatic carbocycles. The maximum atomic E-state index is 13.0. The van der Waals surface area contributed by atoms with Crippen LogP contribution in [0.1, 0.15) is 32.7 Å². The summed E-state index contributed by atoms with van der Waals surface area (Å²) >= 11 is 0. The number of rotatable bonds is 5. The van der Waals surface area contributed by atoms with E-state index in [1.165, 1.54) is 7.11 Å². The zero-order chi connectivity index (χ0) is 21.8. The monoisotopic (exact) mass is 417 g/mol. The molecule has 1 aromatic heterocycles. The maximum Gasteiger partial charge on any atom is 0.259 e. The van der Waals surface area contributed by atoms with Crippen LogP contribution in [0.2, 0.25) is 0 Å². The van der Waals surface area contributed by atoms with Crippen LogP contribution in [0.5, 0.6) is 11.5 Å². The first-order chi connectivity index (χ1) is 15.1. The molecule has 0 atom stereocenters. The highest BCUT2D eigenvalue weighted by Crippen LogP contribution is 2.32. The number of aryl methyl sites for hydroxylation is 1. The third-order valence-electron chi connectivity index (χ3n) is 5.26. The van der Waals surface area contributed by atoms with Crippen LogP contribution in [-0.2, 0) is 6.42 Å². The Labute approximate surface area is 180 Å². The number of pyridine rings is 1. The van der Waals surface area contributed by atoms with Gasteiger partial charge in [-0.1, -0.05) is 6.07 Å². The Balaban J connectivity index is 1.59. The summed E-state index contributed by atoms with van der Waals surface area (Å²) in [6.07, 6.45) is 4.98. The number of hydrogen-bond acceptors (Lipinski definition) is 5. The Hall–Kier alpha value is -3.87. The van der Waals surface area contributed by atoms with Crippen LogP contribution in [0.3, 0.4) is 0 Å². The van der Waals surface area contributed by atoms with Crippen molar-refractivity contribution in [2.45, 2.75) is 12.8 Å². The zero-order valence-corrected chi connectivity index (χ0v) is 17.4. The molecule has 7 heteroatoms. The van der Waals surface area contributed by atoms with Crippen molar-refractivity contribution in [3.05, 3.63) is 77.6 Å². The largest absolute Gasteiger partial charge is 0.493 e. The minimum Gasteiger partial charge on any atom is -0.493 e. The number of fused-ring (bicyclic) bond motifs is 1. The second-order valence-electron chi connectivity index (χ2n) is 7.17. The van der Waals surface area contributed by atoms with Gasteiger partial charge in [-0.2, -0.15) is 0 Å². The first-order valence-corrected chi connectivity index (χ1v) is 9.99. The number of nitrogens with zero attached hydrogens (tertiary/aromatic N) is 2. The van der Waals surface area contributed by atoms with Crippen molar-refractivity contribution >= 4 is 23.2 Å². The van der Waals surface area contributed by atoms with Gasteiger partial charge >= 0.3 is 0 Å². The molecule has 0 saturated heterocycles. The number of carbonyl (C=O) groups is 2. The van der Waals surface area contributed by atoms with E-state index in [1.807, 2.05) is 18.2 Å². The van der Waals surface area contributed by atoms with E-state index in [2.05, 4.69) is 10.3 Å². The average molecular weight is 417 g/mol. The van der Waals surface area contributed by atoms with Gasteiger partial charge in [0, 0.05) is 35.9 Å². The highest BCUT2D eigenvalue weighted by atomic mass is 16.5. The fourth-order valence-corrected chi connectivity index (χ4v) is 3.69. The number of ether oxygens (including phenoxy) is 2. The zero-order valence-electron chi connectivity index (χ0n) is 17.4. The number of anilines is 2. The van der Waals surface area contributed by atoms with E-state index in [1.54, 1.807) is 54.7 Å². The highest BCUT2D eigenvalue weighted by molar-refractivity contribution is 6.08. The first-order valence-electron chi connectivity index (χ1n) is 9.99. The number of benzene rings is 2. The Kier molecular flexibility index (Phi) is 5.84. The van der Waals surface area contributed by atoms with Gasteiger partial charge in [-0.25, -0.2) is 0 Å². The lowest BCUT2D eigenvalue weighted by Crippen LogP contribution is -2.35. The number of hydrogen-bond donors (Lipinski definition) is 1. The summed E-state index contributed by atoms with van der Waals surface area (Å²) < 4.78 is 10.5. The van der Waals surface area contributed by atoms with Crippen molar-refractivity contribution in [2.24, 2.45) is 0 Å². The third-order valence-corrected chi connectivity index (χ3v) is 5.26. The molecular weight excluding hydrogens is 394 g/mol. The lowest BCUT2D eigenvalue weighted by Gasteiger charge is -2.30. The standard InChI is InChI=1S/C24H23N3O4/c1-30-21-10-8-17(13-22(21)31-2)23(28)26-19-9-7-16-6-4-12-27(20(16)14-19)24(29)18-5-3-11-25-15-18/h3,5,7-11,13-15H,4,6,12H2,1-2H3,(H,26,28). The second-order valence-corrected chi connectivity index (χ2v) is 7.17. The van der Waals surface area contributed by atoms with Crippen LogP contribution in [-0.4, -0.2) is 37.6 Å². The molecule has 2 heterocycles. The third kappa shape index (κ3) is 4.21. The summed E-state index contributed by atoms with van der Waals surface area (Å²) in [5.74, 6) is 0.658. The molecule has 0 unspecified atom stereocenters. The lowest BCUT2D eigenvalue weighted by molar-refractivity contribution is 0.0983. The van der Waals surface area contributed by atoms with Gasteiger partial charge in [-0.05, 0) is 60.9 Å². The smallest absolute Gasteiger partial charge is 0.259 e. The van der Waals surface area contributed by atoms with Gasteiger partial charge in [0.2, 0.25) is 0 Å². The molecule has 0 aliphatic carbocycles. The predicted molar refractivity (Wildman–Crippen MR) is 118 cm³/mol. The van der Waals surface area contributed by atoms with Gasteiger partial charge in [0.05, 0.1) is 19.8 Å². The topological polar surface area (TPSA) is 80.8 Å². The van der Waals surface area contributed by atoms with Crippen LogP contribution in [0.15, 0.2) is 60.9 Å². The first kappa shape index (κ1) is 20.4. The number of amides is 2. The maximum absolute atomic E-state index is 13.0. The van der Waals surface area contributed by atoms with Crippen molar-refractivity contribution in [2.75, 3.05) is 31.0 Å². The molecule has 3 aromatic rings. The van der Waals surface area contributed by atoms with E-state index in [9.17, 15) is 9.59 Å². The summed E-state index contributed by atoms with van der Waals surface area (Å²) in [6.45, 7) is 0.619. The molecule has 1 N–H and O–H groups in total.